The standard InChI is InChI=1S/C9H14IN3/c1-13-8(6-9(10)12-13)7-2-4-11-5-3-7/h6-7,11H,2-5H2,1H3. The van der Waals surface area contributed by atoms with Gasteiger partial charge in [0.1, 0.15) is 3.70 Å². The summed E-state index contributed by atoms with van der Waals surface area (Å²) in [7, 11) is 2.04. The molecule has 0 radical (unpaired) electrons. The van der Waals surface area contributed by atoms with Crippen molar-refractivity contribution in [2.75, 3.05) is 13.1 Å². The minimum absolute atomic E-state index is 0.710. The molecule has 4 heteroatoms. The lowest BCUT2D eigenvalue weighted by Crippen LogP contribution is -2.27. The molecular formula is C9H14IN3. The Bertz CT molecular complexity index is 289. The quantitative estimate of drug-likeness (QED) is 0.795. The number of rotatable bonds is 1. The Morgan fingerprint density at radius 3 is 2.77 bits per heavy atom. The molecule has 2 heterocycles. The van der Waals surface area contributed by atoms with Crippen molar-refractivity contribution in [2.24, 2.45) is 7.05 Å². The minimum Gasteiger partial charge on any atom is -0.317 e. The first-order chi connectivity index (χ1) is 6.27. The molecule has 0 aliphatic carbocycles. The van der Waals surface area contributed by atoms with E-state index < -0.39 is 0 Å². The van der Waals surface area contributed by atoms with Crippen LogP contribution in [0.1, 0.15) is 24.5 Å². The van der Waals surface area contributed by atoms with Crippen molar-refractivity contribution in [3.8, 4) is 0 Å². The SMILES string of the molecule is Cn1nc(I)cc1C1CCNCC1. The molecule has 0 saturated carbocycles. The summed E-state index contributed by atoms with van der Waals surface area (Å²) in [4.78, 5) is 0. The van der Waals surface area contributed by atoms with E-state index in [1.807, 2.05) is 11.7 Å². The normalized spacial score (nSPS) is 19.2. The van der Waals surface area contributed by atoms with E-state index in [4.69, 9.17) is 0 Å². The van der Waals surface area contributed by atoms with Crippen LogP contribution in [-0.4, -0.2) is 22.9 Å². The van der Waals surface area contributed by atoms with Gasteiger partial charge in [-0.3, -0.25) is 4.68 Å². The second-order valence-electron chi connectivity index (χ2n) is 3.54. The van der Waals surface area contributed by atoms with Gasteiger partial charge in [-0.2, -0.15) is 5.10 Å². The van der Waals surface area contributed by atoms with Crippen LogP contribution in [-0.2, 0) is 7.05 Å². The number of piperidine rings is 1. The van der Waals surface area contributed by atoms with Crippen LogP contribution < -0.4 is 5.32 Å². The summed E-state index contributed by atoms with van der Waals surface area (Å²) < 4.78 is 3.13. The Balaban J connectivity index is 2.18. The third-order valence-electron chi connectivity index (χ3n) is 2.64. The topological polar surface area (TPSA) is 29.9 Å². The van der Waals surface area contributed by atoms with E-state index in [2.05, 4.69) is 39.1 Å². The lowest BCUT2D eigenvalue weighted by atomic mass is 9.95. The number of aromatic nitrogens is 2. The van der Waals surface area contributed by atoms with Gasteiger partial charge in [-0.1, -0.05) is 0 Å². The summed E-state index contributed by atoms with van der Waals surface area (Å²) in [5.41, 5.74) is 1.39. The fraction of sp³-hybridized carbons (Fsp3) is 0.667. The molecule has 0 aromatic carbocycles. The van der Waals surface area contributed by atoms with Crippen LogP contribution >= 0.6 is 22.6 Å². The highest BCUT2D eigenvalue weighted by Crippen LogP contribution is 2.25. The van der Waals surface area contributed by atoms with E-state index in [1.165, 1.54) is 18.5 Å². The fourth-order valence-electron chi connectivity index (χ4n) is 1.95. The smallest absolute Gasteiger partial charge is 0.123 e. The van der Waals surface area contributed by atoms with Gasteiger partial charge in [-0.15, -0.1) is 0 Å². The third kappa shape index (κ3) is 2.04. The van der Waals surface area contributed by atoms with Gasteiger partial charge in [-0.05, 0) is 54.6 Å². The van der Waals surface area contributed by atoms with Gasteiger partial charge in [0.25, 0.3) is 0 Å². The number of hydrogen-bond acceptors (Lipinski definition) is 2. The number of nitrogens with zero attached hydrogens (tertiary/aromatic N) is 2. The maximum absolute atomic E-state index is 4.37. The summed E-state index contributed by atoms with van der Waals surface area (Å²) >= 11 is 2.27. The molecule has 1 aromatic rings. The molecular weight excluding hydrogens is 277 g/mol. The van der Waals surface area contributed by atoms with Crippen LogP contribution in [0.2, 0.25) is 0 Å². The second-order valence-corrected chi connectivity index (χ2v) is 4.65. The van der Waals surface area contributed by atoms with Crippen molar-refractivity contribution in [1.82, 2.24) is 15.1 Å². The molecule has 1 saturated heterocycles. The van der Waals surface area contributed by atoms with Crippen LogP contribution in [0.15, 0.2) is 6.07 Å². The molecule has 1 N–H and O–H groups in total. The predicted octanol–water partition coefficient (Wildman–Crippen LogP) is 1.49. The van der Waals surface area contributed by atoms with E-state index in [1.54, 1.807) is 0 Å². The summed E-state index contributed by atoms with van der Waals surface area (Å²) in [5.74, 6) is 0.710. The largest absolute Gasteiger partial charge is 0.317 e. The zero-order valence-electron chi connectivity index (χ0n) is 7.76. The van der Waals surface area contributed by atoms with Gasteiger partial charge in [-0.25, -0.2) is 0 Å². The van der Waals surface area contributed by atoms with Crippen LogP contribution in [0.25, 0.3) is 0 Å². The zero-order valence-corrected chi connectivity index (χ0v) is 9.91. The average Bonchev–Trinajstić information content (AvgIpc) is 2.47. The van der Waals surface area contributed by atoms with Crippen molar-refractivity contribution < 1.29 is 0 Å². The van der Waals surface area contributed by atoms with E-state index in [-0.39, 0.29) is 0 Å². The van der Waals surface area contributed by atoms with Gasteiger partial charge in [0.2, 0.25) is 0 Å². The van der Waals surface area contributed by atoms with E-state index in [0.717, 1.165) is 16.8 Å². The van der Waals surface area contributed by atoms with Gasteiger partial charge in [0.05, 0.1) is 0 Å². The van der Waals surface area contributed by atoms with Crippen LogP contribution in [0.4, 0.5) is 0 Å². The molecule has 72 valence electrons. The molecule has 1 aliphatic heterocycles. The Kier molecular flexibility index (Phi) is 2.88. The molecule has 1 aliphatic rings. The molecule has 1 aromatic heterocycles. The van der Waals surface area contributed by atoms with E-state index in [0.29, 0.717) is 5.92 Å². The van der Waals surface area contributed by atoms with Crippen molar-refractivity contribution in [2.45, 2.75) is 18.8 Å². The van der Waals surface area contributed by atoms with E-state index in [9.17, 15) is 0 Å². The average molecular weight is 291 g/mol. The van der Waals surface area contributed by atoms with Gasteiger partial charge in [0, 0.05) is 18.7 Å². The van der Waals surface area contributed by atoms with Gasteiger partial charge in [0.15, 0.2) is 0 Å². The molecule has 1 fully saturated rings. The Hall–Kier alpha value is -0.100. The summed E-state index contributed by atoms with van der Waals surface area (Å²) in [5, 5.41) is 7.75. The molecule has 0 spiro atoms. The molecule has 3 nitrogen and oxygen atoms in total. The van der Waals surface area contributed by atoms with Crippen molar-refractivity contribution >= 4 is 22.6 Å². The predicted molar refractivity (Wildman–Crippen MR) is 60.8 cm³/mol. The highest BCUT2D eigenvalue weighted by atomic mass is 127. The van der Waals surface area contributed by atoms with E-state index >= 15 is 0 Å². The number of aryl methyl sites for hydroxylation is 1. The summed E-state index contributed by atoms with van der Waals surface area (Å²) in [6, 6.07) is 2.20. The Morgan fingerprint density at radius 1 is 1.54 bits per heavy atom. The molecule has 0 amide bonds. The monoisotopic (exact) mass is 291 g/mol. The first kappa shape index (κ1) is 9.45. The van der Waals surface area contributed by atoms with Crippen LogP contribution in [0, 0.1) is 3.70 Å². The van der Waals surface area contributed by atoms with Crippen LogP contribution in [0.3, 0.4) is 0 Å². The highest BCUT2D eigenvalue weighted by molar-refractivity contribution is 14.1. The maximum Gasteiger partial charge on any atom is 0.123 e. The zero-order chi connectivity index (χ0) is 9.26. The lowest BCUT2D eigenvalue weighted by Gasteiger charge is -2.22. The highest BCUT2D eigenvalue weighted by Gasteiger charge is 2.18. The molecule has 2 rings (SSSR count). The maximum atomic E-state index is 4.37. The first-order valence-corrected chi connectivity index (χ1v) is 5.75. The number of hydrogen-bond donors (Lipinski definition) is 1. The molecule has 0 atom stereocenters. The van der Waals surface area contributed by atoms with Gasteiger partial charge < -0.3 is 5.32 Å². The first-order valence-electron chi connectivity index (χ1n) is 4.67. The number of nitrogens with one attached hydrogen (secondary N) is 1. The van der Waals surface area contributed by atoms with Gasteiger partial charge >= 0.3 is 0 Å². The molecule has 13 heavy (non-hydrogen) atoms. The van der Waals surface area contributed by atoms with Crippen LogP contribution in [0.5, 0.6) is 0 Å². The molecule has 0 unspecified atom stereocenters. The van der Waals surface area contributed by atoms with Crippen molar-refractivity contribution in [3.05, 3.63) is 15.5 Å². The Morgan fingerprint density at radius 2 is 2.23 bits per heavy atom. The number of halogens is 1. The minimum atomic E-state index is 0.710. The third-order valence-corrected chi connectivity index (χ3v) is 3.17. The van der Waals surface area contributed by atoms with Crippen molar-refractivity contribution in [3.63, 3.8) is 0 Å². The lowest BCUT2D eigenvalue weighted by molar-refractivity contribution is 0.440. The fourth-order valence-corrected chi connectivity index (χ4v) is 2.59. The van der Waals surface area contributed by atoms with Crippen molar-refractivity contribution in [1.29, 1.82) is 0 Å². The summed E-state index contributed by atoms with van der Waals surface area (Å²) in [6.07, 6.45) is 2.49. The second kappa shape index (κ2) is 3.96. The molecule has 0 bridgehead atoms. The Labute approximate surface area is 92.0 Å². The summed E-state index contributed by atoms with van der Waals surface area (Å²) in [6.45, 7) is 2.29.